The molecule has 0 spiro atoms. The molecule has 19 heavy (non-hydrogen) atoms. The van der Waals surface area contributed by atoms with Crippen LogP contribution < -0.4 is 4.74 Å². The number of rotatable bonds is 4. The number of alkyl halides is 4. The van der Waals surface area contributed by atoms with Gasteiger partial charge in [0.25, 0.3) is 0 Å². The van der Waals surface area contributed by atoms with Crippen LogP contribution in [-0.2, 0) is 10.1 Å². The summed E-state index contributed by atoms with van der Waals surface area (Å²) in [6.45, 7) is 1.59. The number of hydrogen-bond acceptors (Lipinski definition) is 5. The molecule has 0 atom stereocenters. The maximum atomic E-state index is 12.1. The number of halogens is 4. The highest BCUT2D eigenvalue weighted by molar-refractivity contribution is 9.08. The number of carbonyl (C=O) groups excluding carboxylic acids is 1. The van der Waals surface area contributed by atoms with Gasteiger partial charge in [-0.2, -0.15) is 0 Å². The topological polar surface area (TPSA) is 68.7 Å². The summed E-state index contributed by atoms with van der Waals surface area (Å²) >= 11 is 2.90. The van der Waals surface area contributed by atoms with E-state index < -0.39 is 29.5 Å². The predicted octanol–water partition coefficient (Wildman–Crippen LogP) is 2.76. The van der Waals surface area contributed by atoms with E-state index in [1.165, 1.54) is 0 Å². The molecule has 1 rings (SSSR count). The van der Waals surface area contributed by atoms with Gasteiger partial charge >= 0.3 is 12.3 Å². The van der Waals surface area contributed by atoms with Gasteiger partial charge in [0, 0.05) is 5.33 Å². The lowest BCUT2D eigenvalue weighted by Gasteiger charge is -2.14. The van der Waals surface area contributed by atoms with Crippen molar-refractivity contribution in [3.8, 4) is 11.5 Å². The average Bonchev–Trinajstić information content (AvgIpc) is 2.27. The molecule has 1 aromatic heterocycles. The number of nitrogens with zero attached hydrogens (tertiary/aromatic N) is 1. The van der Waals surface area contributed by atoms with Crippen molar-refractivity contribution >= 4 is 21.9 Å². The quantitative estimate of drug-likeness (QED) is 0.672. The third kappa shape index (κ3) is 3.98. The number of esters is 1. The first-order chi connectivity index (χ1) is 8.80. The van der Waals surface area contributed by atoms with E-state index >= 15 is 0 Å². The first kappa shape index (κ1) is 15.5. The molecule has 0 aliphatic carbocycles. The average molecular weight is 344 g/mol. The monoisotopic (exact) mass is 343 g/mol. The zero-order valence-corrected chi connectivity index (χ0v) is 11.2. The van der Waals surface area contributed by atoms with Gasteiger partial charge in [0.2, 0.25) is 0 Å². The first-order valence-corrected chi connectivity index (χ1v) is 6.12. The molecule has 0 amide bonds. The van der Waals surface area contributed by atoms with Crippen LogP contribution in [0, 0.1) is 0 Å². The van der Waals surface area contributed by atoms with Crippen molar-refractivity contribution < 1.29 is 32.5 Å². The zero-order chi connectivity index (χ0) is 14.6. The molecule has 0 fully saturated rings. The maximum Gasteiger partial charge on any atom is 0.573 e. The fourth-order valence-corrected chi connectivity index (χ4v) is 1.75. The van der Waals surface area contributed by atoms with E-state index in [0.717, 1.165) is 0 Å². The third-order valence-electron chi connectivity index (χ3n) is 1.95. The molecule has 0 radical (unpaired) electrons. The van der Waals surface area contributed by atoms with E-state index in [2.05, 4.69) is 30.4 Å². The lowest BCUT2D eigenvalue weighted by Crippen LogP contribution is -2.19. The molecular weight excluding hydrogens is 335 g/mol. The normalized spacial score (nSPS) is 11.2. The molecule has 1 heterocycles. The number of ether oxygens (including phenoxy) is 2. The van der Waals surface area contributed by atoms with Crippen molar-refractivity contribution in [2.45, 2.75) is 18.6 Å². The van der Waals surface area contributed by atoms with Crippen LogP contribution in [0.5, 0.6) is 11.5 Å². The summed E-state index contributed by atoms with van der Waals surface area (Å²) in [6, 6.07) is 0. The second-order valence-electron chi connectivity index (χ2n) is 3.20. The Kier molecular flexibility index (Phi) is 4.98. The Labute approximate surface area is 114 Å². The van der Waals surface area contributed by atoms with Gasteiger partial charge in [0.15, 0.2) is 17.2 Å². The van der Waals surface area contributed by atoms with Gasteiger partial charge < -0.3 is 14.6 Å². The van der Waals surface area contributed by atoms with Crippen molar-refractivity contribution in [3.05, 3.63) is 17.5 Å². The number of carbonyl (C=O) groups is 1. The van der Waals surface area contributed by atoms with Crippen molar-refractivity contribution in [2.24, 2.45) is 0 Å². The van der Waals surface area contributed by atoms with E-state index in [1.807, 2.05) is 0 Å². The molecule has 1 aromatic rings. The summed E-state index contributed by atoms with van der Waals surface area (Å²) in [5, 5.41) is 9.57. The molecule has 0 unspecified atom stereocenters. The Balaban J connectivity index is 3.19. The van der Waals surface area contributed by atoms with E-state index in [9.17, 15) is 23.1 Å². The fraction of sp³-hybridized carbons (Fsp3) is 0.400. The summed E-state index contributed by atoms with van der Waals surface area (Å²) in [4.78, 5) is 14.8. The van der Waals surface area contributed by atoms with Crippen molar-refractivity contribution in [1.82, 2.24) is 4.98 Å². The minimum atomic E-state index is -4.92. The fourth-order valence-electron chi connectivity index (χ4n) is 1.21. The number of aromatic nitrogens is 1. The molecule has 0 aliphatic rings. The highest BCUT2D eigenvalue weighted by Crippen LogP contribution is 2.34. The number of pyridine rings is 1. The Morgan fingerprint density at radius 2 is 2.16 bits per heavy atom. The summed E-state index contributed by atoms with van der Waals surface area (Å²) in [7, 11) is 0. The molecule has 1 N–H and O–H groups in total. The smallest absolute Gasteiger partial charge is 0.505 e. The van der Waals surface area contributed by atoms with Gasteiger partial charge in [-0.05, 0) is 6.92 Å². The van der Waals surface area contributed by atoms with E-state index in [-0.39, 0.29) is 17.5 Å². The molecule has 0 aromatic carbocycles. The second kappa shape index (κ2) is 6.09. The van der Waals surface area contributed by atoms with Crippen LogP contribution in [0.4, 0.5) is 13.2 Å². The second-order valence-corrected chi connectivity index (χ2v) is 3.76. The Hall–Kier alpha value is -1.51. The lowest BCUT2D eigenvalue weighted by molar-refractivity contribution is -0.275. The van der Waals surface area contributed by atoms with Crippen LogP contribution in [0.1, 0.15) is 23.0 Å². The molecule has 9 heteroatoms. The summed E-state index contributed by atoms with van der Waals surface area (Å²) < 4.78 is 44.7. The molecule has 0 aliphatic heterocycles. The highest BCUT2D eigenvalue weighted by Gasteiger charge is 2.33. The van der Waals surface area contributed by atoms with Gasteiger partial charge in [-0.1, -0.05) is 15.9 Å². The SMILES string of the molecule is CCOC(=O)c1ncc(OC(F)(F)F)c(CBr)c1O. The van der Waals surface area contributed by atoms with Crippen molar-refractivity contribution in [3.63, 3.8) is 0 Å². The van der Waals surface area contributed by atoms with Crippen LogP contribution in [-0.4, -0.2) is 29.0 Å². The standard InChI is InChI=1S/C10H9BrF3NO4/c1-2-18-9(17)7-8(16)5(3-11)6(4-15-7)19-10(12,13)14/h4,16H,2-3H2,1H3. The number of aromatic hydroxyl groups is 1. The van der Waals surface area contributed by atoms with Crippen molar-refractivity contribution in [1.29, 1.82) is 0 Å². The highest BCUT2D eigenvalue weighted by atomic mass is 79.9. The first-order valence-electron chi connectivity index (χ1n) is 4.99. The van der Waals surface area contributed by atoms with Crippen LogP contribution >= 0.6 is 15.9 Å². The largest absolute Gasteiger partial charge is 0.573 e. The number of hydrogen-bond donors (Lipinski definition) is 1. The van der Waals surface area contributed by atoms with Gasteiger partial charge in [0.1, 0.15) is 0 Å². The van der Waals surface area contributed by atoms with Crippen molar-refractivity contribution in [2.75, 3.05) is 6.61 Å². The molecule has 0 bridgehead atoms. The molecule has 0 saturated carbocycles. The minimum Gasteiger partial charge on any atom is -0.505 e. The maximum absolute atomic E-state index is 12.1. The van der Waals surface area contributed by atoms with Crippen LogP contribution in [0.3, 0.4) is 0 Å². The van der Waals surface area contributed by atoms with Gasteiger partial charge in [-0.3, -0.25) is 0 Å². The van der Waals surface area contributed by atoms with Gasteiger partial charge in [-0.25, -0.2) is 9.78 Å². The molecule has 5 nitrogen and oxygen atoms in total. The Morgan fingerprint density at radius 3 is 2.63 bits per heavy atom. The Morgan fingerprint density at radius 1 is 1.53 bits per heavy atom. The summed E-state index contributed by atoms with van der Waals surface area (Å²) in [5.74, 6) is -2.33. The van der Waals surface area contributed by atoms with Crippen LogP contribution in [0.2, 0.25) is 0 Å². The predicted molar refractivity (Wildman–Crippen MR) is 61.2 cm³/mol. The van der Waals surface area contributed by atoms with E-state index in [0.29, 0.717) is 6.20 Å². The third-order valence-corrected chi connectivity index (χ3v) is 2.51. The molecule has 106 valence electrons. The van der Waals surface area contributed by atoms with Crippen LogP contribution in [0.15, 0.2) is 6.20 Å². The lowest BCUT2D eigenvalue weighted by atomic mass is 10.2. The molecule has 0 saturated heterocycles. The van der Waals surface area contributed by atoms with Gasteiger partial charge in [0.05, 0.1) is 18.4 Å². The van der Waals surface area contributed by atoms with Gasteiger partial charge in [-0.15, -0.1) is 13.2 Å². The zero-order valence-electron chi connectivity index (χ0n) is 9.62. The van der Waals surface area contributed by atoms with E-state index in [4.69, 9.17) is 0 Å². The van der Waals surface area contributed by atoms with E-state index in [1.54, 1.807) is 6.92 Å². The summed E-state index contributed by atoms with van der Waals surface area (Å²) in [5.41, 5.74) is -0.707. The summed E-state index contributed by atoms with van der Waals surface area (Å²) in [6.07, 6.45) is -4.22. The minimum absolute atomic E-state index is 0.0460. The van der Waals surface area contributed by atoms with Crippen LogP contribution in [0.25, 0.3) is 0 Å². The molecular formula is C10H9BrF3NO4. The Bertz CT molecular complexity index is 479.